The molecule has 1 atom stereocenters. The minimum atomic E-state index is -0.932. The summed E-state index contributed by atoms with van der Waals surface area (Å²) >= 11 is 0. The summed E-state index contributed by atoms with van der Waals surface area (Å²) in [5, 5.41) is 10.9. The van der Waals surface area contributed by atoms with Crippen LogP contribution in [-0.2, 0) is 4.74 Å². The van der Waals surface area contributed by atoms with Gasteiger partial charge in [-0.15, -0.1) is 0 Å². The van der Waals surface area contributed by atoms with E-state index in [0.717, 1.165) is 11.1 Å². The lowest BCUT2D eigenvalue weighted by Gasteiger charge is -2.31. The van der Waals surface area contributed by atoms with Gasteiger partial charge in [-0.3, -0.25) is 0 Å². The largest absolute Gasteiger partial charge is 0.444 e. The Morgan fingerprint density at radius 2 is 1.59 bits per heavy atom. The molecule has 0 aliphatic heterocycles. The number of amides is 1. The molecule has 0 spiro atoms. The quantitative estimate of drug-likeness (QED) is 0.744. The van der Waals surface area contributed by atoms with Gasteiger partial charge >= 0.3 is 6.09 Å². The van der Waals surface area contributed by atoms with E-state index >= 15 is 0 Å². The van der Waals surface area contributed by atoms with Crippen molar-refractivity contribution in [3.8, 4) is 0 Å². The molecule has 0 aliphatic carbocycles. The van der Waals surface area contributed by atoms with E-state index in [1.54, 1.807) is 11.9 Å². The van der Waals surface area contributed by atoms with Gasteiger partial charge in [-0.2, -0.15) is 0 Å². The monoisotopic (exact) mass is 311 g/mol. The minimum absolute atomic E-state index is 0.332. The van der Waals surface area contributed by atoms with Gasteiger partial charge in [0, 0.05) is 13.6 Å². The lowest BCUT2D eigenvalue weighted by molar-refractivity contribution is 0.0280. The van der Waals surface area contributed by atoms with E-state index in [4.69, 9.17) is 4.74 Å². The third-order valence-corrected chi connectivity index (χ3v) is 3.91. The summed E-state index contributed by atoms with van der Waals surface area (Å²) in [6.07, 6.45) is 4.81. The highest BCUT2D eigenvalue weighted by molar-refractivity contribution is 5.67. The second-order valence-electron chi connectivity index (χ2n) is 6.81. The molecule has 22 heavy (non-hydrogen) atoms. The number of carbonyl (C=O) groups excluding carboxylic acids is 1. The lowest BCUT2D eigenvalue weighted by atomic mass is 9.83. The van der Waals surface area contributed by atoms with Crippen LogP contribution >= 0.6 is 0 Å². The first-order chi connectivity index (χ1) is 9.97. The summed E-state index contributed by atoms with van der Waals surface area (Å²) in [7, 11) is 1.72. The molecule has 1 N–H and O–H groups in total. The van der Waals surface area contributed by atoms with E-state index < -0.39 is 11.2 Å². The fourth-order valence-electron chi connectivity index (χ4n) is 2.19. The minimum Gasteiger partial charge on any atom is -0.444 e. The van der Waals surface area contributed by atoms with Crippen molar-refractivity contribution in [1.29, 1.82) is 0 Å². The fraction of sp³-hybridized carbons (Fsp3) is 0.722. The fourth-order valence-corrected chi connectivity index (χ4v) is 2.19. The van der Waals surface area contributed by atoms with Crippen molar-refractivity contribution < 1.29 is 14.6 Å². The maximum absolute atomic E-state index is 11.9. The Kier molecular flexibility index (Phi) is 7.88. The number of carbonyl (C=O) groups is 1. The Morgan fingerprint density at radius 1 is 1.14 bits per heavy atom. The topological polar surface area (TPSA) is 49.8 Å². The van der Waals surface area contributed by atoms with Gasteiger partial charge in [0.1, 0.15) is 11.2 Å². The number of nitrogens with zero attached hydrogens (tertiary/aromatic N) is 1. The molecule has 0 aromatic rings. The van der Waals surface area contributed by atoms with Crippen LogP contribution in [0.25, 0.3) is 0 Å². The van der Waals surface area contributed by atoms with Crippen molar-refractivity contribution in [1.82, 2.24) is 4.90 Å². The molecule has 4 heteroatoms. The number of hydrogen-bond donors (Lipinski definition) is 1. The standard InChI is InChI=1S/C18H33NO3/c1-9-14(3)18(21,15(4)10-2)12-11-13-19(8)16(20)22-17(5,6)7/h9-10,21H,11-13H2,1-8H3/b14-9-,15-10+. The summed E-state index contributed by atoms with van der Waals surface area (Å²) in [5.74, 6) is 0. The predicted octanol–water partition coefficient (Wildman–Crippen LogP) is 4.30. The lowest BCUT2D eigenvalue weighted by Crippen LogP contribution is -2.36. The number of rotatable bonds is 6. The zero-order valence-corrected chi connectivity index (χ0v) is 15.5. The molecule has 4 nitrogen and oxygen atoms in total. The van der Waals surface area contributed by atoms with E-state index in [1.807, 2.05) is 60.6 Å². The Balaban J connectivity index is 4.68. The van der Waals surface area contributed by atoms with Gasteiger partial charge in [0.05, 0.1) is 0 Å². The number of allylic oxidation sites excluding steroid dienone is 2. The van der Waals surface area contributed by atoms with E-state index in [9.17, 15) is 9.90 Å². The van der Waals surface area contributed by atoms with Gasteiger partial charge in [-0.1, -0.05) is 12.2 Å². The van der Waals surface area contributed by atoms with Crippen LogP contribution in [0, 0.1) is 0 Å². The summed E-state index contributed by atoms with van der Waals surface area (Å²) in [5.41, 5.74) is 0.444. The first-order valence-corrected chi connectivity index (χ1v) is 7.91. The maximum atomic E-state index is 11.9. The molecule has 1 unspecified atom stereocenters. The molecule has 0 saturated carbocycles. The van der Waals surface area contributed by atoms with Gasteiger partial charge in [0.25, 0.3) is 0 Å². The Morgan fingerprint density at radius 3 is 1.95 bits per heavy atom. The van der Waals surface area contributed by atoms with E-state index in [2.05, 4.69) is 0 Å². The van der Waals surface area contributed by atoms with Gasteiger partial charge in [0.2, 0.25) is 0 Å². The van der Waals surface area contributed by atoms with Crippen LogP contribution in [0.5, 0.6) is 0 Å². The smallest absolute Gasteiger partial charge is 0.410 e. The van der Waals surface area contributed by atoms with Crippen molar-refractivity contribution in [3.63, 3.8) is 0 Å². The van der Waals surface area contributed by atoms with Crippen LogP contribution in [0.1, 0.15) is 61.3 Å². The highest BCUT2D eigenvalue weighted by Gasteiger charge is 2.30. The summed E-state index contributed by atoms with van der Waals surface area (Å²) < 4.78 is 5.32. The van der Waals surface area contributed by atoms with E-state index in [1.165, 1.54) is 0 Å². The molecule has 1 amide bonds. The van der Waals surface area contributed by atoms with Gasteiger partial charge in [0.15, 0.2) is 0 Å². The van der Waals surface area contributed by atoms with Crippen LogP contribution in [0.3, 0.4) is 0 Å². The molecular formula is C18H33NO3. The van der Waals surface area contributed by atoms with Crippen molar-refractivity contribution in [2.75, 3.05) is 13.6 Å². The average molecular weight is 311 g/mol. The molecule has 0 radical (unpaired) electrons. The molecule has 0 heterocycles. The van der Waals surface area contributed by atoms with Crippen LogP contribution in [0.4, 0.5) is 4.79 Å². The maximum Gasteiger partial charge on any atom is 0.410 e. The van der Waals surface area contributed by atoms with Crippen LogP contribution < -0.4 is 0 Å². The van der Waals surface area contributed by atoms with E-state index in [-0.39, 0.29) is 6.09 Å². The molecule has 0 bridgehead atoms. The summed E-state index contributed by atoms with van der Waals surface area (Å²) in [6.45, 7) is 13.8. The summed E-state index contributed by atoms with van der Waals surface area (Å²) in [4.78, 5) is 13.5. The SMILES string of the molecule is C/C=C(/C)C(O)(CCCN(C)C(=O)OC(C)(C)C)/C(C)=C/C. The molecule has 0 aromatic heterocycles. The average Bonchev–Trinajstić information content (AvgIpc) is 2.42. The second kappa shape index (κ2) is 8.37. The summed E-state index contributed by atoms with van der Waals surface area (Å²) in [6, 6.07) is 0. The first kappa shape index (κ1) is 20.7. The van der Waals surface area contributed by atoms with Crippen LogP contribution in [-0.4, -0.2) is 40.9 Å². The van der Waals surface area contributed by atoms with Gasteiger partial charge < -0.3 is 14.7 Å². The normalized spacial score (nSPS) is 16.2. The highest BCUT2D eigenvalue weighted by atomic mass is 16.6. The molecule has 0 rings (SSSR count). The third kappa shape index (κ3) is 6.22. The third-order valence-electron chi connectivity index (χ3n) is 3.91. The van der Waals surface area contributed by atoms with E-state index in [0.29, 0.717) is 19.4 Å². The predicted molar refractivity (Wildman–Crippen MR) is 91.9 cm³/mol. The Bertz CT molecular complexity index is 412. The Labute approximate surface area is 135 Å². The van der Waals surface area contributed by atoms with Crippen molar-refractivity contribution in [2.45, 2.75) is 72.5 Å². The zero-order chi connectivity index (χ0) is 17.6. The number of ether oxygens (including phenoxy) is 1. The van der Waals surface area contributed by atoms with Crippen LogP contribution in [0.2, 0.25) is 0 Å². The molecule has 0 aliphatic rings. The van der Waals surface area contributed by atoms with Gasteiger partial charge in [-0.25, -0.2) is 4.79 Å². The molecule has 0 aromatic carbocycles. The molecule has 128 valence electrons. The van der Waals surface area contributed by atoms with Crippen molar-refractivity contribution in [3.05, 3.63) is 23.3 Å². The number of aliphatic hydroxyl groups is 1. The van der Waals surface area contributed by atoms with Crippen LogP contribution in [0.15, 0.2) is 23.3 Å². The molecule has 0 saturated heterocycles. The molecule has 0 fully saturated rings. The molecular weight excluding hydrogens is 278 g/mol. The van der Waals surface area contributed by atoms with Gasteiger partial charge in [-0.05, 0) is 72.5 Å². The van der Waals surface area contributed by atoms with Crippen molar-refractivity contribution in [2.24, 2.45) is 0 Å². The number of hydrogen-bond acceptors (Lipinski definition) is 3. The zero-order valence-electron chi connectivity index (χ0n) is 15.5. The second-order valence-corrected chi connectivity index (χ2v) is 6.81. The first-order valence-electron chi connectivity index (χ1n) is 7.91. The van der Waals surface area contributed by atoms with Crippen molar-refractivity contribution >= 4 is 6.09 Å². The highest BCUT2D eigenvalue weighted by Crippen LogP contribution is 2.30. The Hall–Kier alpha value is -1.29.